The second-order valence-corrected chi connectivity index (χ2v) is 5.21. The number of methoxy groups -OCH3 is 1. The number of hydrogen-bond donors (Lipinski definition) is 1. The second kappa shape index (κ2) is 7.06. The Hall–Kier alpha value is -2.67. The number of carbonyl (C=O) groups is 1. The van der Waals surface area contributed by atoms with Crippen LogP contribution in [0.2, 0.25) is 0 Å². The Bertz CT molecular complexity index is 792. The first kappa shape index (κ1) is 15.2. The van der Waals surface area contributed by atoms with Gasteiger partial charge >= 0.3 is 0 Å². The van der Waals surface area contributed by atoms with Gasteiger partial charge in [0.25, 0.3) is 0 Å². The molecule has 0 atom stereocenters. The summed E-state index contributed by atoms with van der Waals surface area (Å²) in [6, 6.07) is 7.82. The summed E-state index contributed by atoms with van der Waals surface area (Å²) in [6.45, 7) is 1.95. The zero-order valence-electron chi connectivity index (χ0n) is 13.0. The zero-order valence-corrected chi connectivity index (χ0v) is 13.0. The molecule has 0 unspecified atom stereocenters. The van der Waals surface area contributed by atoms with Crippen LogP contribution in [0.1, 0.15) is 5.69 Å². The maximum atomic E-state index is 12.1. The van der Waals surface area contributed by atoms with Gasteiger partial charge in [-0.15, -0.1) is 0 Å². The molecule has 0 saturated heterocycles. The predicted octanol–water partition coefficient (Wildman–Crippen LogP) is 1.20. The lowest BCUT2D eigenvalue weighted by molar-refractivity contribution is -0.121. The lowest BCUT2D eigenvalue weighted by Gasteiger charge is -2.09. The maximum absolute atomic E-state index is 12.1. The van der Waals surface area contributed by atoms with E-state index in [9.17, 15) is 4.79 Å². The van der Waals surface area contributed by atoms with E-state index < -0.39 is 0 Å². The van der Waals surface area contributed by atoms with Gasteiger partial charge in [0.15, 0.2) is 0 Å². The molecule has 7 nitrogen and oxygen atoms in total. The SMILES string of the molecule is COCCn1cncc1CNC(=O)Cn1ncc2ccccc21. The van der Waals surface area contributed by atoms with Crippen LogP contribution in [0.3, 0.4) is 0 Å². The second-order valence-electron chi connectivity index (χ2n) is 5.21. The van der Waals surface area contributed by atoms with Crippen molar-refractivity contribution in [3.05, 3.63) is 48.7 Å². The fourth-order valence-electron chi connectivity index (χ4n) is 2.42. The molecule has 0 fully saturated rings. The van der Waals surface area contributed by atoms with Gasteiger partial charge in [0.1, 0.15) is 6.54 Å². The molecular weight excluding hydrogens is 294 g/mol. The van der Waals surface area contributed by atoms with Crippen LogP contribution in [-0.4, -0.2) is 39.0 Å². The highest BCUT2D eigenvalue weighted by atomic mass is 16.5. The average Bonchev–Trinajstić information content (AvgIpc) is 3.18. The molecule has 0 saturated carbocycles. The molecule has 3 rings (SSSR count). The minimum absolute atomic E-state index is 0.0849. The maximum Gasteiger partial charge on any atom is 0.242 e. The Morgan fingerprint density at radius 3 is 3.04 bits per heavy atom. The molecule has 0 aliphatic heterocycles. The fraction of sp³-hybridized carbons (Fsp3) is 0.312. The average molecular weight is 313 g/mol. The Morgan fingerprint density at radius 1 is 1.30 bits per heavy atom. The van der Waals surface area contributed by atoms with Crippen LogP contribution in [0.5, 0.6) is 0 Å². The number of para-hydroxylation sites is 1. The van der Waals surface area contributed by atoms with Gasteiger partial charge in [-0.25, -0.2) is 4.98 Å². The molecule has 2 heterocycles. The van der Waals surface area contributed by atoms with Crippen LogP contribution in [0.25, 0.3) is 10.9 Å². The topological polar surface area (TPSA) is 74.0 Å². The number of hydrogen-bond acceptors (Lipinski definition) is 4. The molecule has 2 aromatic heterocycles. The number of carbonyl (C=O) groups excluding carboxylic acids is 1. The van der Waals surface area contributed by atoms with E-state index in [1.807, 2.05) is 28.8 Å². The Labute approximate surface area is 133 Å². The number of aromatic nitrogens is 4. The molecular formula is C16H19N5O2. The van der Waals surface area contributed by atoms with Crippen LogP contribution in [0.15, 0.2) is 43.0 Å². The quantitative estimate of drug-likeness (QED) is 0.711. The summed E-state index contributed by atoms with van der Waals surface area (Å²) >= 11 is 0. The van der Waals surface area contributed by atoms with Crippen molar-refractivity contribution in [1.82, 2.24) is 24.6 Å². The largest absolute Gasteiger partial charge is 0.383 e. The molecule has 0 aliphatic carbocycles. The monoisotopic (exact) mass is 313 g/mol. The summed E-state index contributed by atoms with van der Waals surface area (Å²) in [5.74, 6) is -0.0849. The standard InChI is InChI=1S/C16H19N5O2/c1-23-7-6-20-12-17-9-14(20)10-18-16(22)11-21-15-5-3-2-4-13(15)8-19-21/h2-5,8-9,12H,6-7,10-11H2,1H3,(H,18,22). The van der Waals surface area contributed by atoms with Crippen LogP contribution in [0, 0.1) is 0 Å². The highest BCUT2D eigenvalue weighted by Gasteiger charge is 2.08. The van der Waals surface area contributed by atoms with E-state index in [1.165, 1.54) is 0 Å². The first-order valence-electron chi connectivity index (χ1n) is 7.43. The smallest absolute Gasteiger partial charge is 0.242 e. The number of benzene rings is 1. The third-order valence-electron chi connectivity index (χ3n) is 3.65. The van der Waals surface area contributed by atoms with Gasteiger partial charge in [-0.05, 0) is 6.07 Å². The summed E-state index contributed by atoms with van der Waals surface area (Å²) in [5, 5.41) is 8.19. The number of ether oxygens (including phenoxy) is 1. The van der Waals surface area contributed by atoms with Crippen molar-refractivity contribution in [3.63, 3.8) is 0 Å². The van der Waals surface area contributed by atoms with Crippen LogP contribution >= 0.6 is 0 Å². The zero-order chi connectivity index (χ0) is 16.1. The Morgan fingerprint density at radius 2 is 2.17 bits per heavy atom. The lowest BCUT2D eigenvalue weighted by atomic mass is 10.2. The van der Waals surface area contributed by atoms with E-state index in [-0.39, 0.29) is 12.5 Å². The van der Waals surface area contributed by atoms with Gasteiger partial charge < -0.3 is 14.6 Å². The van der Waals surface area contributed by atoms with Gasteiger partial charge in [-0.3, -0.25) is 9.48 Å². The van der Waals surface area contributed by atoms with Crippen molar-refractivity contribution >= 4 is 16.8 Å². The van der Waals surface area contributed by atoms with Crippen molar-refractivity contribution in [2.24, 2.45) is 0 Å². The molecule has 7 heteroatoms. The summed E-state index contributed by atoms with van der Waals surface area (Å²) in [5.41, 5.74) is 1.90. The molecule has 1 N–H and O–H groups in total. The lowest BCUT2D eigenvalue weighted by Crippen LogP contribution is -2.28. The third kappa shape index (κ3) is 3.57. The van der Waals surface area contributed by atoms with E-state index in [1.54, 1.807) is 30.5 Å². The summed E-state index contributed by atoms with van der Waals surface area (Å²) in [7, 11) is 1.66. The number of fused-ring (bicyclic) bond motifs is 1. The van der Waals surface area contributed by atoms with Gasteiger partial charge in [-0.1, -0.05) is 18.2 Å². The number of imidazole rings is 1. The molecule has 0 spiro atoms. The molecule has 3 aromatic rings. The normalized spacial score (nSPS) is 11.0. The minimum atomic E-state index is -0.0849. The van der Waals surface area contributed by atoms with Crippen molar-refractivity contribution in [1.29, 1.82) is 0 Å². The van der Waals surface area contributed by atoms with E-state index in [0.717, 1.165) is 16.6 Å². The van der Waals surface area contributed by atoms with Gasteiger partial charge in [0.05, 0.1) is 36.9 Å². The van der Waals surface area contributed by atoms with Crippen LogP contribution in [-0.2, 0) is 29.2 Å². The van der Waals surface area contributed by atoms with Gasteiger partial charge in [0.2, 0.25) is 5.91 Å². The van der Waals surface area contributed by atoms with Crippen molar-refractivity contribution in [2.45, 2.75) is 19.6 Å². The van der Waals surface area contributed by atoms with E-state index >= 15 is 0 Å². The predicted molar refractivity (Wildman–Crippen MR) is 85.7 cm³/mol. The Balaban J connectivity index is 1.59. The summed E-state index contributed by atoms with van der Waals surface area (Å²) in [6.07, 6.45) is 5.25. The molecule has 1 amide bonds. The highest BCUT2D eigenvalue weighted by Crippen LogP contribution is 2.12. The van der Waals surface area contributed by atoms with E-state index in [2.05, 4.69) is 15.4 Å². The molecule has 1 aromatic carbocycles. The van der Waals surface area contributed by atoms with Crippen molar-refractivity contribution < 1.29 is 9.53 Å². The van der Waals surface area contributed by atoms with Gasteiger partial charge in [0, 0.05) is 25.2 Å². The van der Waals surface area contributed by atoms with Crippen LogP contribution in [0.4, 0.5) is 0 Å². The number of amides is 1. The van der Waals surface area contributed by atoms with Gasteiger partial charge in [-0.2, -0.15) is 5.10 Å². The van der Waals surface area contributed by atoms with Crippen molar-refractivity contribution in [2.75, 3.05) is 13.7 Å². The van der Waals surface area contributed by atoms with E-state index in [0.29, 0.717) is 19.7 Å². The van der Waals surface area contributed by atoms with E-state index in [4.69, 9.17) is 4.74 Å². The molecule has 0 bridgehead atoms. The summed E-state index contributed by atoms with van der Waals surface area (Å²) < 4.78 is 8.73. The molecule has 0 radical (unpaired) electrons. The number of nitrogens with one attached hydrogen (secondary N) is 1. The number of nitrogens with zero attached hydrogens (tertiary/aromatic N) is 4. The minimum Gasteiger partial charge on any atom is -0.383 e. The first-order valence-corrected chi connectivity index (χ1v) is 7.43. The molecule has 23 heavy (non-hydrogen) atoms. The van der Waals surface area contributed by atoms with Crippen LogP contribution < -0.4 is 5.32 Å². The Kier molecular flexibility index (Phi) is 4.68. The fourth-order valence-corrected chi connectivity index (χ4v) is 2.42. The molecule has 0 aliphatic rings. The number of rotatable bonds is 7. The first-order chi connectivity index (χ1) is 11.3. The highest BCUT2D eigenvalue weighted by molar-refractivity contribution is 5.81. The third-order valence-corrected chi connectivity index (χ3v) is 3.65. The van der Waals surface area contributed by atoms with Crippen molar-refractivity contribution in [3.8, 4) is 0 Å². The summed E-state index contributed by atoms with van der Waals surface area (Å²) in [4.78, 5) is 16.3. The molecule has 120 valence electrons.